The Labute approximate surface area is 353 Å². The van der Waals surface area contributed by atoms with Gasteiger partial charge in [0.2, 0.25) is 0 Å². The quantitative estimate of drug-likeness (QED) is 0.118. The lowest BCUT2D eigenvalue weighted by Crippen LogP contribution is -2.61. The van der Waals surface area contributed by atoms with E-state index in [0.717, 1.165) is 12.5 Å². The number of aryl methyl sites for hydroxylation is 1. The summed E-state index contributed by atoms with van der Waals surface area (Å²) in [7, 11) is 4.99. The number of Topliss-reactive ketones (excluding diaryl/α,β-unsaturated/α-hetero) is 2. The molecule has 3 heterocycles. The van der Waals surface area contributed by atoms with E-state index in [1.807, 2.05) is 38.1 Å². The summed E-state index contributed by atoms with van der Waals surface area (Å²) in [5, 5.41) is 30.6. The molecular formula is C43H67FN6O10. The number of methoxy groups -OCH3 is 1. The number of carboxylic acid groups (broad SMARTS) is 1. The van der Waals surface area contributed by atoms with Gasteiger partial charge in [0.25, 0.3) is 5.67 Å². The molecule has 2 fully saturated rings. The number of nitrogens with zero attached hydrogens (tertiary/aromatic N) is 5. The van der Waals surface area contributed by atoms with E-state index in [1.165, 1.54) is 25.9 Å². The van der Waals surface area contributed by atoms with Crippen LogP contribution in [0, 0.1) is 23.2 Å². The number of anilines is 1. The van der Waals surface area contributed by atoms with E-state index >= 15 is 4.39 Å². The fourth-order valence-electron chi connectivity index (χ4n) is 9.01. The lowest BCUT2D eigenvalue weighted by atomic mass is 9.69. The number of aliphatic hydroxyl groups is 1. The number of unbranched alkanes of at least 4 members (excludes halogenated alkanes) is 1. The van der Waals surface area contributed by atoms with Gasteiger partial charge in [0.15, 0.2) is 12.1 Å². The molecular weight excluding hydrogens is 780 g/mol. The number of nitrogens with two attached hydrogens (primary N) is 1. The van der Waals surface area contributed by atoms with Crippen LogP contribution in [0.3, 0.4) is 0 Å². The van der Waals surface area contributed by atoms with Crippen LogP contribution in [0.5, 0.6) is 0 Å². The lowest BCUT2D eigenvalue weighted by molar-refractivity contribution is -0.295. The molecule has 0 unspecified atom stereocenters. The Balaban J connectivity index is 1.68. The number of nitrogen functional groups attached to an aromatic ring is 1. The number of hydrogen-bond donors (Lipinski definition) is 3. The minimum atomic E-state index is -3.18. The van der Waals surface area contributed by atoms with Crippen LogP contribution in [0.4, 0.5) is 14.9 Å². The van der Waals surface area contributed by atoms with Gasteiger partial charge in [-0.05, 0) is 79.6 Å². The molecule has 4 rings (SSSR count). The molecule has 0 saturated carbocycles. The molecule has 0 aliphatic carbocycles. The number of likely N-dealkylation sites (N-methyl/N-ethyl adjacent to an activating group) is 1. The zero-order chi connectivity index (χ0) is 45.1. The first kappa shape index (κ1) is 48.6. The van der Waals surface area contributed by atoms with E-state index < -0.39 is 82.9 Å². The molecule has 12 atom stereocenters. The number of ketones is 2. The second-order valence-electron chi connectivity index (χ2n) is 18.1. The average molecular weight is 847 g/mol. The van der Waals surface area contributed by atoms with Crippen LogP contribution in [0.1, 0.15) is 88.0 Å². The Hall–Kier alpha value is -4.03. The van der Waals surface area contributed by atoms with Crippen LogP contribution in [-0.4, -0.2) is 140 Å². The topological polar surface area (TPSA) is 209 Å². The predicted molar refractivity (Wildman–Crippen MR) is 221 cm³/mol. The molecule has 0 radical (unpaired) electrons. The predicted octanol–water partition coefficient (Wildman–Crippen LogP) is 5.01. The SMILES string of the molecule is CO[C@@]1(C)C[C@@H](C)C(=O)[C@H](C)[C@@H](N(CCCCn2cc(-c3cccc(N)c3)nn2)C(=O)O)C(C)(C)[C@@H](C)OC(=O)[C@@](C)(F)C(=O)[C@H](C)[C@H]1O[C@@H]1O[C@H](C)C[C@H](N(C)C)[C@H]1O. The zero-order valence-corrected chi connectivity index (χ0v) is 37.3. The third-order valence-corrected chi connectivity index (χ3v) is 12.9. The fraction of sp³-hybridized carbons (Fsp3) is 0.721. The Kier molecular flexibility index (Phi) is 15.7. The third kappa shape index (κ3) is 10.5. The summed E-state index contributed by atoms with van der Waals surface area (Å²) in [6, 6.07) is 5.81. The number of hydrogen-bond acceptors (Lipinski definition) is 13. The molecule has 2 aromatic rings. The molecule has 16 nitrogen and oxygen atoms in total. The van der Waals surface area contributed by atoms with Crippen LogP contribution in [0.2, 0.25) is 0 Å². The molecule has 1 aromatic heterocycles. The number of ether oxygens (including phenoxy) is 4. The first-order valence-electron chi connectivity index (χ1n) is 20.8. The van der Waals surface area contributed by atoms with Gasteiger partial charge in [0.1, 0.15) is 23.7 Å². The first-order chi connectivity index (χ1) is 27.9. The standard InChI is InChI=1S/C43H67FN6O10/c1-24-22-42(8,57-12)37(60-38-34(52)32(48(10)11)20-25(2)58-38)27(4)36(53)43(9,44)39(54)59-28(5)41(6,7)35(26(3)33(24)51)50(40(55)56)19-14-13-18-49-23-31(46-47-49)29-16-15-17-30(45)21-29/h15-17,21,23-28,32,34-35,37-38,52H,13-14,18-20,22,45H2,1-12H3,(H,55,56)/t24-,25-,26+,27+,28-,32+,34-,35-,37-,38+,42+,43+/m1/s1. The van der Waals surface area contributed by atoms with E-state index in [1.54, 1.807) is 57.6 Å². The summed E-state index contributed by atoms with van der Waals surface area (Å²) in [5.41, 5.74) is 2.01. The normalized spacial score (nSPS) is 34.5. The van der Waals surface area contributed by atoms with Crippen molar-refractivity contribution in [2.75, 3.05) is 33.5 Å². The van der Waals surface area contributed by atoms with E-state index in [0.29, 0.717) is 37.2 Å². The fourth-order valence-corrected chi connectivity index (χ4v) is 9.01. The van der Waals surface area contributed by atoms with Crippen molar-refractivity contribution < 1.29 is 52.7 Å². The van der Waals surface area contributed by atoms with Crippen molar-refractivity contribution in [1.29, 1.82) is 0 Å². The van der Waals surface area contributed by atoms with E-state index in [2.05, 4.69) is 10.3 Å². The summed E-state index contributed by atoms with van der Waals surface area (Å²) < 4.78 is 42.8. The Morgan fingerprint density at radius 2 is 1.73 bits per heavy atom. The van der Waals surface area contributed by atoms with Gasteiger partial charge in [-0.2, -0.15) is 0 Å². The van der Waals surface area contributed by atoms with E-state index in [-0.39, 0.29) is 30.9 Å². The smallest absolute Gasteiger partial charge is 0.407 e. The highest BCUT2D eigenvalue weighted by Gasteiger charge is 2.56. The van der Waals surface area contributed by atoms with Gasteiger partial charge < -0.3 is 44.7 Å². The summed E-state index contributed by atoms with van der Waals surface area (Å²) in [6.07, 6.45) is -3.53. The molecule has 4 N–H and O–H groups in total. The van der Waals surface area contributed by atoms with Gasteiger partial charge in [-0.25, -0.2) is 14.0 Å². The second kappa shape index (κ2) is 19.3. The number of aromatic nitrogens is 3. The monoisotopic (exact) mass is 846 g/mol. The van der Waals surface area contributed by atoms with Gasteiger partial charge in [0.05, 0.1) is 30.0 Å². The van der Waals surface area contributed by atoms with Crippen molar-refractivity contribution in [1.82, 2.24) is 24.8 Å². The highest BCUT2D eigenvalue weighted by Crippen LogP contribution is 2.42. The number of benzene rings is 1. The summed E-state index contributed by atoms with van der Waals surface area (Å²) in [4.78, 5) is 58.9. The van der Waals surface area contributed by atoms with Crippen molar-refractivity contribution in [2.45, 2.75) is 149 Å². The number of carbonyl (C=O) groups excluding carboxylic acids is 3. The molecule has 17 heteroatoms. The highest BCUT2D eigenvalue weighted by atomic mass is 19.1. The van der Waals surface area contributed by atoms with Gasteiger partial charge >= 0.3 is 12.1 Å². The maximum atomic E-state index is 16.8. The first-order valence-corrected chi connectivity index (χ1v) is 20.8. The number of esters is 1. The second-order valence-corrected chi connectivity index (χ2v) is 18.1. The van der Waals surface area contributed by atoms with Crippen LogP contribution in [0.15, 0.2) is 30.5 Å². The molecule has 1 amide bonds. The largest absolute Gasteiger partial charge is 0.465 e. The third-order valence-electron chi connectivity index (χ3n) is 12.9. The zero-order valence-electron chi connectivity index (χ0n) is 37.3. The van der Waals surface area contributed by atoms with Crippen LogP contribution >= 0.6 is 0 Å². The van der Waals surface area contributed by atoms with Gasteiger partial charge in [-0.15, -0.1) is 5.10 Å². The average Bonchev–Trinajstić information content (AvgIpc) is 3.66. The number of aliphatic hydroxyl groups excluding tert-OH is 1. The molecule has 2 saturated heterocycles. The Morgan fingerprint density at radius 3 is 2.33 bits per heavy atom. The van der Waals surface area contributed by atoms with Crippen LogP contribution in [-0.2, 0) is 39.9 Å². The molecule has 2 aliphatic rings. The minimum Gasteiger partial charge on any atom is -0.465 e. The molecule has 336 valence electrons. The molecule has 1 aromatic carbocycles. The molecule has 2 aliphatic heterocycles. The maximum Gasteiger partial charge on any atom is 0.407 e. The minimum absolute atomic E-state index is 0.00543. The number of amides is 1. The van der Waals surface area contributed by atoms with Crippen molar-refractivity contribution in [3.8, 4) is 11.3 Å². The van der Waals surface area contributed by atoms with Crippen LogP contribution < -0.4 is 5.73 Å². The highest BCUT2D eigenvalue weighted by molar-refractivity contribution is 6.07. The van der Waals surface area contributed by atoms with Crippen LogP contribution in [0.25, 0.3) is 11.3 Å². The van der Waals surface area contributed by atoms with Gasteiger partial charge in [-0.3, -0.25) is 14.3 Å². The number of rotatable bonds is 11. The number of carbonyl (C=O) groups is 4. The Bertz CT molecular complexity index is 1820. The number of alkyl halides is 1. The van der Waals surface area contributed by atoms with Gasteiger partial charge in [-0.1, -0.05) is 52.0 Å². The molecule has 0 bridgehead atoms. The van der Waals surface area contributed by atoms with Crippen molar-refractivity contribution >= 4 is 29.3 Å². The maximum absolute atomic E-state index is 16.8. The molecule has 60 heavy (non-hydrogen) atoms. The van der Waals surface area contributed by atoms with Crippen molar-refractivity contribution in [3.05, 3.63) is 30.5 Å². The lowest BCUT2D eigenvalue weighted by Gasteiger charge is -2.48. The van der Waals surface area contributed by atoms with Crippen molar-refractivity contribution in [2.24, 2.45) is 23.2 Å². The van der Waals surface area contributed by atoms with Gasteiger partial charge in [0, 0.05) is 60.7 Å². The Morgan fingerprint density at radius 1 is 1.07 bits per heavy atom. The summed E-state index contributed by atoms with van der Waals surface area (Å²) in [6.45, 7) is 14.3. The molecule has 0 spiro atoms. The van der Waals surface area contributed by atoms with E-state index in [9.17, 15) is 29.4 Å². The van der Waals surface area contributed by atoms with E-state index in [4.69, 9.17) is 24.7 Å². The van der Waals surface area contributed by atoms with Crippen molar-refractivity contribution in [3.63, 3.8) is 0 Å². The summed E-state index contributed by atoms with van der Waals surface area (Å²) >= 11 is 0. The number of cyclic esters (lactones) is 1. The number of halogens is 1. The summed E-state index contributed by atoms with van der Waals surface area (Å²) in [5.74, 6) is -6.08.